The molecule has 0 radical (unpaired) electrons. The number of carboxylic acid groups (broad SMARTS) is 1. The van der Waals surface area contributed by atoms with Crippen LogP contribution in [-0.4, -0.2) is 34.4 Å². The molecule has 0 saturated heterocycles. The molecule has 0 saturated carbocycles. The van der Waals surface area contributed by atoms with Crippen LogP contribution in [0.1, 0.15) is 48.5 Å². The number of phenols is 1. The summed E-state index contributed by atoms with van der Waals surface area (Å²) in [6, 6.07) is 4.11. The Labute approximate surface area is 141 Å². The molecule has 3 N–H and O–H groups in total. The number of nitrogens with one attached hydrogen (secondary N) is 1. The van der Waals surface area contributed by atoms with Gasteiger partial charge in [-0.15, -0.1) is 0 Å². The van der Waals surface area contributed by atoms with E-state index in [2.05, 4.69) is 5.32 Å². The first-order valence-corrected chi connectivity index (χ1v) is 7.92. The number of rotatable bonds is 10. The second-order valence-electron chi connectivity index (χ2n) is 5.41. The fourth-order valence-electron chi connectivity index (χ4n) is 2.12. The first-order valence-electron chi connectivity index (χ1n) is 7.92. The van der Waals surface area contributed by atoms with E-state index >= 15 is 0 Å². The predicted octanol–water partition coefficient (Wildman–Crippen LogP) is 2.45. The molecule has 0 spiro atoms. The molecule has 0 heterocycles. The average Bonchev–Trinajstić information content (AvgIpc) is 2.53. The Kier molecular flexibility index (Phi) is 8.25. The highest BCUT2D eigenvalue weighted by molar-refractivity contribution is 5.91. The third kappa shape index (κ3) is 7.09. The second-order valence-corrected chi connectivity index (χ2v) is 5.41. The standard InChI is InChI=1S/C18H23NO5/c1-2-3-4-7-17(22)19-10-5-6-14(20)11-13-8-9-16(21)15(12-13)18(23)24/h3-4,8-9,12,21H,2,5-7,10-11H2,1H3,(H,19,22)(H,23,24)/b4-3-. The van der Waals surface area contributed by atoms with Gasteiger partial charge >= 0.3 is 5.97 Å². The average molecular weight is 333 g/mol. The zero-order valence-electron chi connectivity index (χ0n) is 13.7. The highest BCUT2D eigenvalue weighted by Gasteiger charge is 2.12. The lowest BCUT2D eigenvalue weighted by molar-refractivity contribution is -0.121. The minimum Gasteiger partial charge on any atom is -0.507 e. The fourth-order valence-corrected chi connectivity index (χ4v) is 2.12. The molecule has 0 aliphatic carbocycles. The maximum absolute atomic E-state index is 11.9. The molecule has 1 aromatic rings. The third-order valence-electron chi connectivity index (χ3n) is 3.35. The van der Waals surface area contributed by atoms with Crippen molar-refractivity contribution in [2.75, 3.05) is 6.54 Å². The summed E-state index contributed by atoms with van der Waals surface area (Å²) in [5.74, 6) is -1.67. The summed E-state index contributed by atoms with van der Waals surface area (Å²) in [6.45, 7) is 2.42. The van der Waals surface area contributed by atoms with Gasteiger partial charge in [0.05, 0.1) is 0 Å². The number of ketones is 1. The van der Waals surface area contributed by atoms with Gasteiger partial charge < -0.3 is 15.5 Å². The van der Waals surface area contributed by atoms with E-state index in [0.717, 1.165) is 6.42 Å². The zero-order valence-corrected chi connectivity index (χ0v) is 13.7. The van der Waals surface area contributed by atoms with Crippen LogP contribution in [-0.2, 0) is 16.0 Å². The van der Waals surface area contributed by atoms with Crippen LogP contribution in [0.5, 0.6) is 5.75 Å². The smallest absolute Gasteiger partial charge is 0.339 e. The number of carbonyl (C=O) groups excluding carboxylic acids is 2. The Hall–Kier alpha value is -2.63. The van der Waals surface area contributed by atoms with Gasteiger partial charge in [-0.05, 0) is 30.5 Å². The number of Topliss-reactive ketones (excluding diaryl/α,β-unsaturated/α-hetero) is 1. The van der Waals surface area contributed by atoms with Crippen LogP contribution in [0, 0.1) is 0 Å². The lowest BCUT2D eigenvalue weighted by Crippen LogP contribution is -2.24. The van der Waals surface area contributed by atoms with Gasteiger partial charge in [0.2, 0.25) is 5.91 Å². The van der Waals surface area contributed by atoms with Crippen molar-refractivity contribution >= 4 is 17.7 Å². The Morgan fingerprint density at radius 3 is 2.62 bits per heavy atom. The molecule has 1 aromatic carbocycles. The van der Waals surface area contributed by atoms with Crippen LogP contribution in [0.2, 0.25) is 0 Å². The van der Waals surface area contributed by atoms with Gasteiger partial charge in [0.25, 0.3) is 0 Å². The van der Waals surface area contributed by atoms with Crippen molar-refractivity contribution in [2.24, 2.45) is 0 Å². The lowest BCUT2D eigenvalue weighted by atomic mass is 10.0. The molecule has 0 aromatic heterocycles. The number of carboxylic acids is 1. The normalized spacial score (nSPS) is 10.7. The summed E-state index contributed by atoms with van der Waals surface area (Å²) >= 11 is 0. The molecule has 0 atom stereocenters. The van der Waals surface area contributed by atoms with Crippen molar-refractivity contribution < 1.29 is 24.6 Å². The van der Waals surface area contributed by atoms with E-state index in [1.165, 1.54) is 18.2 Å². The van der Waals surface area contributed by atoms with E-state index in [4.69, 9.17) is 5.11 Å². The number of allylic oxidation sites excluding steroid dienone is 1. The molecule has 24 heavy (non-hydrogen) atoms. The molecule has 6 heteroatoms. The van der Waals surface area contributed by atoms with Gasteiger partial charge in [-0.2, -0.15) is 0 Å². The number of hydrogen-bond acceptors (Lipinski definition) is 4. The third-order valence-corrected chi connectivity index (χ3v) is 3.35. The molecule has 130 valence electrons. The van der Waals surface area contributed by atoms with E-state index in [1.54, 1.807) is 0 Å². The van der Waals surface area contributed by atoms with Crippen LogP contribution >= 0.6 is 0 Å². The Balaban J connectivity index is 2.34. The molecule has 0 aliphatic rings. The first kappa shape index (κ1) is 19.4. The van der Waals surface area contributed by atoms with Crippen molar-refractivity contribution in [1.82, 2.24) is 5.32 Å². The molecule has 0 bridgehead atoms. The number of benzene rings is 1. The number of carbonyl (C=O) groups is 3. The van der Waals surface area contributed by atoms with Crippen molar-refractivity contribution in [3.63, 3.8) is 0 Å². The molecule has 1 rings (SSSR count). The van der Waals surface area contributed by atoms with E-state index in [9.17, 15) is 19.5 Å². The Bertz CT molecular complexity index is 622. The van der Waals surface area contributed by atoms with Gasteiger partial charge in [-0.3, -0.25) is 9.59 Å². The monoisotopic (exact) mass is 333 g/mol. The fraction of sp³-hybridized carbons (Fsp3) is 0.389. The van der Waals surface area contributed by atoms with Crippen LogP contribution in [0.25, 0.3) is 0 Å². The quantitative estimate of drug-likeness (QED) is 0.451. The Morgan fingerprint density at radius 2 is 1.96 bits per heavy atom. The SMILES string of the molecule is CC/C=C\CC(=O)NCCCC(=O)Cc1ccc(O)c(C(=O)O)c1. The van der Waals surface area contributed by atoms with Crippen LogP contribution in [0.4, 0.5) is 0 Å². The lowest BCUT2D eigenvalue weighted by Gasteiger charge is -2.05. The Morgan fingerprint density at radius 1 is 1.21 bits per heavy atom. The number of aromatic carboxylic acids is 1. The summed E-state index contributed by atoms with van der Waals surface area (Å²) in [4.78, 5) is 34.3. The molecule has 0 unspecified atom stereocenters. The van der Waals surface area contributed by atoms with Gasteiger partial charge in [-0.25, -0.2) is 4.79 Å². The molecule has 0 fully saturated rings. The number of aromatic hydroxyl groups is 1. The molecule has 1 amide bonds. The predicted molar refractivity (Wildman–Crippen MR) is 90.1 cm³/mol. The minimum absolute atomic E-state index is 0.0443. The maximum Gasteiger partial charge on any atom is 0.339 e. The summed E-state index contributed by atoms with van der Waals surface area (Å²) in [7, 11) is 0. The summed E-state index contributed by atoms with van der Waals surface area (Å²) in [5.41, 5.74) is 0.330. The first-order chi connectivity index (χ1) is 11.4. The van der Waals surface area contributed by atoms with Gasteiger partial charge in [-0.1, -0.05) is 25.1 Å². The van der Waals surface area contributed by atoms with Crippen molar-refractivity contribution in [2.45, 2.75) is 39.0 Å². The number of hydrogen-bond donors (Lipinski definition) is 3. The van der Waals surface area contributed by atoms with E-state index in [0.29, 0.717) is 31.4 Å². The van der Waals surface area contributed by atoms with E-state index in [-0.39, 0.29) is 29.4 Å². The van der Waals surface area contributed by atoms with Gasteiger partial charge in [0.15, 0.2) is 0 Å². The minimum atomic E-state index is -1.23. The molecular formula is C18H23NO5. The largest absolute Gasteiger partial charge is 0.507 e. The van der Waals surface area contributed by atoms with Crippen LogP contribution < -0.4 is 5.32 Å². The van der Waals surface area contributed by atoms with Crippen molar-refractivity contribution in [1.29, 1.82) is 0 Å². The van der Waals surface area contributed by atoms with E-state index < -0.39 is 5.97 Å². The summed E-state index contributed by atoms with van der Waals surface area (Å²) in [5, 5.41) is 21.1. The van der Waals surface area contributed by atoms with Crippen molar-refractivity contribution in [3.05, 3.63) is 41.5 Å². The van der Waals surface area contributed by atoms with Crippen molar-refractivity contribution in [3.8, 4) is 5.75 Å². The summed E-state index contributed by atoms with van der Waals surface area (Å²) < 4.78 is 0. The van der Waals surface area contributed by atoms with Crippen LogP contribution in [0.3, 0.4) is 0 Å². The topological polar surface area (TPSA) is 104 Å². The van der Waals surface area contributed by atoms with Crippen LogP contribution in [0.15, 0.2) is 30.4 Å². The highest BCUT2D eigenvalue weighted by atomic mass is 16.4. The highest BCUT2D eigenvalue weighted by Crippen LogP contribution is 2.19. The van der Waals surface area contributed by atoms with Gasteiger partial charge in [0, 0.05) is 25.8 Å². The molecule has 6 nitrogen and oxygen atoms in total. The zero-order chi connectivity index (χ0) is 17.9. The molecule has 0 aliphatic heterocycles. The number of amides is 1. The molecular weight excluding hydrogens is 310 g/mol. The van der Waals surface area contributed by atoms with Gasteiger partial charge in [0.1, 0.15) is 17.1 Å². The second kappa shape index (κ2) is 10.2. The maximum atomic E-state index is 11.9. The summed E-state index contributed by atoms with van der Waals surface area (Å²) in [6.07, 6.45) is 5.90. The van der Waals surface area contributed by atoms with E-state index in [1.807, 2.05) is 19.1 Å².